The first-order chi connectivity index (χ1) is 10.3. The molecular weight excluding hydrogens is 296 g/mol. The van der Waals surface area contributed by atoms with Gasteiger partial charge in [0.25, 0.3) is 0 Å². The van der Waals surface area contributed by atoms with Crippen LogP contribution >= 0.6 is 23.1 Å². The Morgan fingerprint density at radius 3 is 2.81 bits per heavy atom. The summed E-state index contributed by atoms with van der Waals surface area (Å²) in [5.41, 5.74) is 4.02. The van der Waals surface area contributed by atoms with Crippen LogP contribution in [0.1, 0.15) is 17.2 Å². The van der Waals surface area contributed by atoms with E-state index in [9.17, 15) is 0 Å². The van der Waals surface area contributed by atoms with Crippen LogP contribution in [-0.4, -0.2) is 17.3 Å². The minimum atomic E-state index is 0.415. The molecule has 2 aromatic carbocycles. The molecule has 4 heteroatoms. The lowest BCUT2D eigenvalue weighted by Crippen LogP contribution is -2.23. The van der Waals surface area contributed by atoms with E-state index in [1.807, 2.05) is 11.8 Å². The first-order valence-corrected chi connectivity index (χ1v) is 8.82. The molecule has 1 aliphatic carbocycles. The Hall–Kier alpha value is -1.36. The number of aromatic nitrogens is 1. The van der Waals surface area contributed by atoms with E-state index in [1.165, 1.54) is 20.2 Å². The number of fused-ring (bicyclic) bond motifs is 2. The predicted octanol–water partition coefficient (Wildman–Crippen LogP) is 4.27. The summed E-state index contributed by atoms with van der Waals surface area (Å²) >= 11 is 3.71. The maximum atomic E-state index is 4.76. The molecule has 0 saturated carbocycles. The molecular formula is C17H16N2S2. The Kier molecular flexibility index (Phi) is 3.45. The molecule has 1 heterocycles. The summed E-state index contributed by atoms with van der Waals surface area (Å²) in [4.78, 5) is 4.76. The lowest BCUT2D eigenvalue weighted by atomic mass is 10.1. The van der Waals surface area contributed by atoms with Gasteiger partial charge in [0.05, 0.1) is 10.2 Å². The van der Waals surface area contributed by atoms with Gasteiger partial charge in [0, 0.05) is 11.3 Å². The number of para-hydroxylation sites is 1. The summed E-state index contributed by atoms with van der Waals surface area (Å²) in [7, 11) is 2.05. The van der Waals surface area contributed by atoms with Gasteiger partial charge < -0.3 is 5.32 Å². The van der Waals surface area contributed by atoms with E-state index in [-0.39, 0.29) is 0 Å². The second-order valence-corrected chi connectivity index (χ2v) is 7.79. The van der Waals surface area contributed by atoms with Crippen molar-refractivity contribution in [1.82, 2.24) is 10.3 Å². The van der Waals surface area contributed by atoms with E-state index in [1.54, 1.807) is 11.3 Å². The molecule has 0 bridgehead atoms. The average molecular weight is 312 g/mol. The Morgan fingerprint density at radius 1 is 1.14 bits per heavy atom. The van der Waals surface area contributed by atoms with Crippen LogP contribution in [0.3, 0.4) is 0 Å². The van der Waals surface area contributed by atoms with Gasteiger partial charge in [0.15, 0.2) is 4.34 Å². The molecule has 1 aliphatic rings. The summed E-state index contributed by atoms with van der Waals surface area (Å²) in [5, 5.41) is 4.00. The highest BCUT2D eigenvalue weighted by atomic mass is 32.2. The molecule has 1 aromatic heterocycles. The van der Waals surface area contributed by atoms with Crippen LogP contribution in [0.5, 0.6) is 0 Å². The third-order valence-electron chi connectivity index (χ3n) is 4.02. The van der Waals surface area contributed by atoms with Crippen molar-refractivity contribution < 1.29 is 0 Å². The number of hydrogen-bond donors (Lipinski definition) is 1. The highest BCUT2D eigenvalue weighted by molar-refractivity contribution is 8.01. The van der Waals surface area contributed by atoms with Crippen molar-refractivity contribution in [1.29, 1.82) is 0 Å². The van der Waals surface area contributed by atoms with Crippen LogP contribution in [0.15, 0.2) is 52.9 Å². The maximum absolute atomic E-state index is 4.76. The fourth-order valence-corrected chi connectivity index (χ4v) is 5.66. The van der Waals surface area contributed by atoms with Gasteiger partial charge in [-0.2, -0.15) is 0 Å². The maximum Gasteiger partial charge on any atom is 0.151 e. The quantitative estimate of drug-likeness (QED) is 0.781. The van der Waals surface area contributed by atoms with Gasteiger partial charge in [0.1, 0.15) is 0 Å². The van der Waals surface area contributed by atoms with Crippen LogP contribution in [0.4, 0.5) is 0 Å². The number of hydrogen-bond acceptors (Lipinski definition) is 4. The number of rotatable bonds is 3. The van der Waals surface area contributed by atoms with Crippen molar-refractivity contribution in [3.63, 3.8) is 0 Å². The van der Waals surface area contributed by atoms with E-state index in [2.05, 4.69) is 60.9 Å². The predicted molar refractivity (Wildman–Crippen MR) is 91.2 cm³/mol. The van der Waals surface area contributed by atoms with Gasteiger partial charge in [-0.3, -0.25) is 0 Å². The Morgan fingerprint density at radius 2 is 1.95 bits per heavy atom. The highest BCUT2D eigenvalue weighted by Crippen LogP contribution is 2.43. The van der Waals surface area contributed by atoms with Gasteiger partial charge in [-0.25, -0.2) is 4.98 Å². The summed E-state index contributed by atoms with van der Waals surface area (Å²) in [6, 6.07) is 17.6. The summed E-state index contributed by atoms with van der Waals surface area (Å²) in [6.45, 7) is 0. The van der Waals surface area contributed by atoms with Crippen molar-refractivity contribution in [2.24, 2.45) is 0 Å². The standard InChI is InChI=1S/C17H16N2S2/c1-18-16-12-7-3-2-6-11(12)10-15(16)21-17-19-13-8-4-5-9-14(13)20-17/h2-9,15-16,18H,10H2,1H3. The molecule has 0 saturated heterocycles. The van der Waals surface area contributed by atoms with Gasteiger partial charge in [-0.05, 0) is 36.7 Å². The Bertz CT molecular complexity index is 748. The van der Waals surface area contributed by atoms with Crippen molar-refractivity contribution in [3.05, 3.63) is 59.7 Å². The molecule has 0 aliphatic heterocycles. The van der Waals surface area contributed by atoms with Crippen LogP contribution in [0, 0.1) is 0 Å². The van der Waals surface area contributed by atoms with E-state index in [0.717, 1.165) is 11.9 Å². The number of thioether (sulfide) groups is 1. The molecule has 1 N–H and O–H groups in total. The van der Waals surface area contributed by atoms with E-state index in [0.29, 0.717) is 11.3 Å². The Balaban J connectivity index is 1.63. The first-order valence-electron chi connectivity index (χ1n) is 7.12. The number of nitrogens with zero attached hydrogens (tertiary/aromatic N) is 1. The molecule has 0 amide bonds. The summed E-state index contributed by atoms with van der Waals surface area (Å²) in [6.07, 6.45) is 1.11. The second kappa shape index (κ2) is 5.44. The largest absolute Gasteiger partial charge is 0.312 e. The minimum absolute atomic E-state index is 0.415. The molecule has 2 atom stereocenters. The zero-order valence-electron chi connectivity index (χ0n) is 11.7. The number of benzene rings is 2. The van der Waals surface area contributed by atoms with Crippen LogP contribution in [0.2, 0.25) is 0 Å². The fraction of sp³-hybridized carbons (Fsp3) is 0.235. The molecule has 21 heavy (non-hydrogen) atoms. The third kappa shape index (κ3) is 2.37. The van der Waals surface area contributed by atoms with Crippen LogP contribution in [-0.2, 0) is 6.42 Å². The summed E-state index contributed by atoms with van der Waals surface area (Å²) < 4.78 is 2.45. The van der Waals surface area contributed by atoms with Gasteiger partial charge in [-0.1, -0.05) is 48.2 Å². The van der Waals surface area contributed by atoms with Crippen molar-refractivity contribution in [3.8, 4) is 0 Å². The monoisotopic (exact) mass is 312 g/mol. The fourth-order valence-electron chi connectivity index (χ4n) is 3.04. The molecule has 0 radical (unpaired) electrons. The topological polar surface area (TPSA) is 24.9 Å². The number of thiazole rings is 1. The van der Waals surface area contributed by atoms with E-state index in [4.69, 9.17) is 4.98 Å². The summed E-state index contributed by atoms with van der Waals surface area (Å²) in [5.74, 6) is 0. The average Bonchev–Trinajstić information content (AvgIpc) is 3.06. The van der Waals surface area contributed by atoms with Crippen LogP contribution < -0.4 is 5.32 Å². The third-order valence-corrected chi connectivity index (χ3v) is 6.42. The van der Waals surface area contributed by atoms with Crippen LogP contribution in [0.25, 0.3) is 10.2 Å². The second-order valence-electron chi connectivity index (χ2n) is 5.27. The van der Waals surface area contributed by atoms with Gasteiger partial charge >= 0.3 is 0 Å². The zero-order chi connectivity index (χ0) is 14.2. The molecule has 3 aromatic rings. The smallest absolute Gasteiger partial charge is 0.151 e. The van der Waals surface area contributed by atoms with Gasteiger partial charge in [0.2, 0.25) is 0 Å². The molecule has 2 unspecified atom stereocenters. The molecule has 2 nitrogen and oxygen atoms in total. The van der Waals surface area contributed by atoms with E-state index >= 15 is 0 Å². The van der Waals surface area contributed by atoms with Gasteiger partial charge in [-0.15, -0.1) is 11.3 Å². The highest BCUT2D eigenvalue weighted by Gasteiger charge is 2.32. The molecule has 0 fully saturated rings. The minimum Gasteiger partial charge on any atom is -0.312 e. The molecule has 0 spiro atoms. The van der Waals surface area contributed by atoms with Crippen molar-refractivity contribution in [2.75, 3.05) is 7.05 Å². The lowest BCUT2D eigenvalue weighted by Gasteiger charge is -2.18. The van der Waals surface area contributed by atoms with Crippen molar-refractivity contribution >= 4 is 33.3 Å². The molecule has 4 rings (SSSR count). The zero-order valence-corrected chi connectivity index (χ0v) is 13.4. The Labute approximate surface area is 132 Å². The van der Waals surface area contributed by atoms with Crippen molar-refractivity contribution in [2.45, 2.75) is 22.1 Å². The SMILES string of the molecule is CNC1c2ccccc2CC1Sc1nc2ccccc2s1. The normalized spacial score (nSPS) is 20.8. The van der Waals surface area contributed by atoms with E-state index < -0.39 is 0 Å². The first kappa shape index (κ1) is 13.3. The lowest BCUT2D eigenvalue weighted by molar-refractivity contribution is 0.603. The molecule has 106 valence electrons. The number of nitrogens with one attached hydrogen (secondary N) is 1.